The second-order valence-corrected chi connectivity index (χ2v) is 11.9. The number of H-pyrrole nitrogens is 1. The van der Waals surface area contributed by atoms with E-state index >= 15 is 0 Å². The van der Waals surface area contributed by atoms with Crippen molar-refractivity contribution in [1.29, 1.82) is 0 Å². The van der Waals surface area contributed by atoms with E-state index in [1.807, 2.05) is 0 Å². The Hall–Kier alpha value is -2.43. The van der Waals surface area contributed by atoms with Gasteiger partial charge in [0.15, 0.2) is 15.6 Å². The molecule has 0 atom stereocenters. The lowest BCUT2D eigenvalue weighted by Gasteiger charge is -2.10. The summed E-state index contributed by atoms with van der Waals surface area (Å²) in [5.41, 5.74) is -0.426. The second-order valence-electron chi connectivity index (χ2n) is 7.08. The third kappa shape index (κ3) is 4.92. The summed E-state index contributed by atoms with van der Waals surface area (Å²) in [7, 11) is -3.81. The van der Waals surface area contributed by atoms with Gasteiger partial charge >= 0.3 is 5.69 Å². The Morgan fingerprint density at radius 3 is 2.42 bits per heavy atom. The lowest BCUT2D eigenvalue weighted by molar-refractivity contribution is -0.116. The number of aromatic amines is 1. The molecule has 170 valence electrons. The Morgan fingerprint density at radius 1 is 1.00 bits per heavy atom. The monoisotopic (exact) mass is 542 g/mol. The number of carbonyl (C=O) groups is 1. The molecule has 4 rings (SSSR count). The maximum absolute atomic E-state index is 12.9. The Labute approximate surface area is 206 Å². The Balaban J connectivity index is 1.62. The average Bonchev–Trinajstić information content (AvgIpc) is 3.17. The van der Waals surface area contributed by atoms with Gasteiger partial charge in [0, 0.05) is 11.4 Å². The summed E-state index contributed by atoms with van der Waals surface area (Å²) in [5, 5.41) is 0.580. The smallest absolute Gasteiger partial charge is 0.306 e. The van der Waals surface area contributed by atoms with Crippen LogP contribution in [0.5, 0.6) is 0 Å². The number of ketones is 1. The molecule has 0 fully saturated rings. The molecule has 12 heteroatoms. The molecule has 33 heavy (non-hydrogen) atoms. The summed E-state index contributed by atoms with van der Waals surface area (Å²) < 4.78 is 26.0. The van der Waals surface area contributed by atoms with Gasteiger partial charge in [0.2, 0.25) is 0 Å². The molecular weight excluding hydrogens is 531 g/mol. The van der Waals surface area contributed by atoms with Crippen LogP contribution in [-0.4, -0.2) is 29.5 Å². The van der Waals surface area contributed by atoms with Gasteiger partial charge in [-0.1, -0.05) is 40.9 Å². The van der Waals surface area contributed by atoms with Crippen LogP contribution in [0.1, 0.15) is 5.56 Å². The van der Waals surface area contributed by atoms with Crippen LogP contribution < -0.4 is 11.2 Å². The maximum atomic E-state index is 12.9. The maximum Gasteiger partial charge on any atom is 0.333 e. The van der Waals surface area contributed by atoms with Gasteiger partial charge in [-0.3, -0.25) is 9.59 Å². The minimum Gasteiger partial charge on any atom is -0.306 e. The lowest BCUT2D eigenvalue weighted by Crippen LogP contribution is -2.33. The molecule has 0 bridgehead atoms. The largest absolute Gasteiger partial charge is 0.333 e. The topological polar surface area (TPSA) is 106 Å². The number of Topliss-reactive ketones (excluding diaryl/α,β-unsaturated/α-hetero) is 1. The summed E-state index contributed by atoms with van der Waals surface area (Å²) in [6.07, 6.45) is -0.197. The van der Waals surface area contributed by atoms with E-state index in [1.165, 1.54) is 42.5 Å². The fourth-order valence-electron chi connectivity index (χ4n) is 3.27. The van der Waals surface area contributed by atoms with E-state index in [-0.39, 0.29) is 26.7 Å². The number of nitrogens with zero attached hydrogens (tertiary/aromatic N) is 1. The standard InChI is InChI=1S/C21H13Cl3N2O5S2/c22-12-2-3-16-14(9-12)20(28)26(21(29)25-16)17-4-1-11(8-15(17)23)7-13(27)10-33(30,31)19-6-5-18(24)32-19/h1-6,8-9H,7,10H2,(H,25,29). The molecule has 0 aliphatic rings. The highest BCUT2D eigenvalue weighted by atomic mass is 35.5. The van der Waals surface area contributed by atoms with E-state index in [4.69, 9.17) is 34.8 Å². The number of rotatable bonds is 6. The highest BCUT2D eigenvalue weighted by Gasteiger charge is 2.22. The fourth-order valence-corrected chi connectivity index (χ4v) is 6.54. The quantitative estimate of drug-likeness (QED) is 0.391. The highest BCUT2D eigenvalue weighted by molar-refractivity contribution is 7.94. The van der Waals surface area contributed by atoms with Crippen LogP contribution in [0.25, 0.3) is 16.6 Å². The third-order valence-electron chi connectivity index (χ3n) is 4.72. The minimum absolute atomic E-state index is 0.0178. The lowest BCUT2D eigenvalue weighted by atomic mass is 10.1. The van der Waals surface area contributed by atoms with Crippen LogP contribution in [0.2, 0.25) is 14.4 Å². The van der Waals surface area contributed by atoms with Crippen LogP contribution in [0.3, 0.4) is 0 Å². The zero-order valence-electron chi connectivity index (χ0n) is 16.5. The number of hydrogen-bond acceptors (Lipinski definition) is 6. The number of sulfone groups is 1. The molecule has 0 aliphatic heterocycles. The number of hydrogen-bond donors (Lipinski definition) is 1. The average molecular weight is 544 g/mol. The zero-order valence-corrected chi connectivity index (χ0v) is 20.4. The van der Waals surface area contributed by atoms with Crippen molar-refractivity contribution in [2.45, 2.75) is 10.6 Å². The fraction of sp³-hybridized carbons (Fsp3) is 0.0952. The molecule has 0 radical (unpaired) electrons. The number of thiophene rings is 1. The van der Waals surface area contributed by atoms with Crippen LogP contribution in [0.15, 0.2) is 62.3 Å². The first-order valence-corrected chi connectivity index (χ1v) is 12.9. The molecule has 2 aromatic carbocycles. The molecule has 1 N–H and O–H groups in total. The molecule has 4 aromatic rings. The SMILES string of the molecule is O=C(Cc1ccc(-n2c(=O)[nH]c3ccc(Cl)cc3c2=O)c(Cl)c1)CS(=O)(=O)c1ccc(Cl)s1. The zero-order chi connectivity index (χ0) is 23.9. The Kier molecular flexibility index (Phi) is 6.52. The molecular formula is C21H13Cl3N2O5S2. The number of nitrogens with one attached hydrogen (secondary N) is 1. The first-order chi connectivity index (χ1) is 15.5. The predicted octanol–water partition coefficient (Wildman–Crippen LogP) is 4.29. The normalized spacial score (nSPS) is 11.7. The Bertz CT molecular complexity index is 1640. The van der Waals surface area contributed by atoms with Crippen molar-refractivity contribution >= 4 is 72.7 Å². The first-order valence-electron chi connectivity index (χ1n) is 9.28. The molecule has 2 heterocycles. The minimum atomic E-state index is -3.81. The van der Waals surface area contributed by atoms with Gasteiger partial charge < -0.3 is 4.98 Å². The second kappa shape index (κ2) is 9.08. The van der Waals surface area contributed by atoms with Gasteiger partial charge in [-0.15, -0.1) is 11.3 Å². The summed E-state index contributed by atoms with van der Waals surface area (Å²) in [5.74, 6) is -1.23. The Morgan fingerprint density at radius 2 is 1.76 bits per heavy atom. The van der Waals surface area contributed by atoms with E-state index in [9.17, 15) is 22.8 Å². The molecule has 0 unspecified atom stereocenters. The van der Waals surface area contributed by atoms with Crippen molar-refractivity contribution in [3.63, 3.8) is 0 Å². The van der Waals surface area contributed by atoms with Crippen molar-refractivity contribution in [1.82, 2.24) is 9.55 Å². The van der Waals surface area contributed by atoms with Crippen molar-refractivity contribution < 1.29 is 13.2 Å². The number of halogens is 3. The molecule has 0 saturated carbocycles. The van der Waals surface area contributed by atoms with Crippen molar-refractivity contribution in [2.24, 2.45) is 0 Å². The molecule has 0 aliphatic carbocycles. The van der Waals surface area contributed by atoms with Crippen LogP contribution in [-0.2, 0) is 21.1 Å². The van der Waals surface area contributed by atoms with E-state index in [1.54, 1.807) is 6.07 Å². The summed E-state index contributed by atoms with van der Waals surface area (Å²) in [6, 6.07) is 11.7. The van der Waals surface area contributed by atoms with Gasteiger partial charge in [0.1, 0.15) is 9.96 Å². The van der Waals surface area contributed by atoms with Crippen LogP contribution in [0, 0.1) is 0 Å². The third-order valence-corrected chi connectivity index (χ3v) is 8.75. The molecule has 2 aromatic heterocycles. The summed E-state index contributed by atoms with van der Waals surface area (Å²) in [6.45, 7) is 0. The number of fused-ring (bicyclic) bond motifs is 1. The van der Waals surface area contributed by atoms with Crippen molar-refractivity contribution in [3.8, 4) is 5.69 Å². The first kappa shape index (κ1) is 23.7. The molecule has 0 saturated heterocycles. The summed E-state index contributed by atoms with van der Waals surface area (Å²) >= 11 is 18.9. The van der Waals surface area contributed by atoms with Gasteiger partial charge in [0.05, 0.1) is 25.9 Å². The van der Waals surface area contributed by atoms with Crippen molar-refractivity contribution in [3.05, 3.63) is 89.3 Å². The van der Waals surface area contributed by atoms with Gasteiger partial charge in [-0.2, -0.15) is 0 Å². The van der Waals surface area contributed by atoms with Crippen LogP contribution in [0.4, 0.5) is 0 Å². The van der Waals surface area contributed by atoms with E-state index < -0.39 is 32.6 Å². The highest BCUT2D eigenvalue weighted by Crippen LogP contribution is 2.27. The van der Waals surface area contributed by atoms with E-state index in [2.05, 4.69) is 4.98 Å². The van der Waals surface area contributed by atoms with Gasteiger partial charge in [0.25, 0.3) is 5.56 Å². The molecule has 7 nitrogen and oxygen atoms in total. The summed E-state index contributed by atoms with van der Waals surface area (Å²) in [4.78, 5) is 40.4. The van der Waals surface area contributed by atoms with E-state index in [0.29, 0.717) is 20.4 Å². The predicted molar refractivity (Wildman–Crippen MR) is 130 cm³/mol. The van der Waals surface area contributed by atoms with Gasteiger partial charge in [-0.05, 0) is 48.0 Å². The molecule has 0 amide bonds. The van der Waals surface area contributed by atoms with Crippen molar-refractivity contribution in [2.75, 3.05) is 5.75 Å². The number of carbonyl (C=O) groups excluding carboxylic acids is 1. The van der Waals surface area contributed by atoms with Crippen LogP contribution >= 0.6 is 46.1 Å². The van der Waals surface area contributed by atoms with E-state index in [0.717, 1.165) is 15.9 Å². The number of aromatic nitrogens is 2. The van der Waals surface area contributed by atoms with Gasteiger partial charge in [-0.25, -0.2) is 17.8 Å². The molecule has 0 spiro atoms. The number of benzene rings is 2.